The van der Waals surface area contributed by atoms with Crippen molar-refractivity contribution in [1.29, 1.82) is 0 Å². The first-order chi connectivity index (χ1) is 20.6. The van der Waals surface area contributed by atoms with Crippen LogP contribution in [0.2, 0.25) is 0 Å². The second-order valence-corrected chi connectivity index (χ2v) is 9.27. The maximum Gasteiger partial charge on any atom is 0.191 e. The summed E-state index contributed by atoms with van der Waals surface area (Å²) in [4.78, 5) is 8.70. The predicted octanol–water partition coefficient (Wildman–Crippen LogP) is 2.18. The molecule has 0 amide bonds. The Balaban J connectivity index is 1.53. The van der Waals surface area contributed by atoms with Crippen LogP contribution in [-0.4, -0.2) is 83.5 Å². The number of rotatable bonds is 10. The van der Waals surface area contributed by atoms with Gasteiger partial charge in [-0.05, 0) is 36.9 Å². The molecule has 12 heteroatoms. The first-order valence-corrected chi connectivity index (χ1v) is 12.1. The lowest BCUT2D eigenvalue weighted by atomic mass is 10.1. The fraction of sp³-hybridized carbons (Fsp3) is 0.583. The molecule has 2 heterocycles. The van der Waals surface area contributed by atoms with E-state index in [4.69, 9.17) is 17.1 Å². The summed E-state index contributed by atoms with van der Waals surface area (Å²) >= 11 is 0.646. The average Bonchev–Trinajstić information content (AvgIpc) is 3.23. The summed E-state index contributed by atoms with van der Waals surface area (Å²) in [6.45, 7) is -3.54. The Morgan fingerprint density at radius 2 is 2.19 bits per heavy atom. The highest BCUT2D eigenvalue weighted by atomic mass is 32.2. The maximum absolute atomic E-state index is 14.4. The lowest BCUT2D eigenvalue weighted by Gasteiger charge is -2.17. The van der Waals surface area contributed by atoms with Crippen molar-refractivity contribution in [2.45, 2.75) is 74.5 Å². The summed E-state index contributed by atoms with van der Waals surface area (Å²) in [5.41, 5.74) is -1.58. The fourth-order valence-corrected chi connectivity index (χ4v) is 4.66. The topological polar surface area (TPSA) is 138 Å². The van der Waals surface area contributed by atoms with Gasteiger partial charge in [-0.25, -0.2) is 19.0 Å². The summed E-state index contributed by atoms with van der Waals surface area (Å²) < 4.78 is 92.8. The van der Waals surface area contributed by atoms with Crippen LogP contribution >= 0.6 is 11.8 Å². The third-order valence-electron chi connectivity index (χ3n) is 6.05. The van der Waals surface area contributed by atoms with Gasteiger partial charge >= 0.3 is 0 Å². The van der Waals surface area contributed by atoms with Crippen molar-refractivity contribution in [1.82, 2.24) is 25.0 Å². The van der Waals surface area contributed by atoms with Crippen molar-refractivity contribution >= 4 is 28.7 Å². The van der Waals surface area contributed by atoms with E-state index in [1.807, 2.05) is 0 Å². The van der Waals surface area contributed by atoms with Crippen LogP contribution in [0.15, 0.2) is 23.4 Å². The molecule has 194 valence electrons. The van der Waals surface area contributed by atoms with Crippen LogP contribution in [-0.2, 0) is 4.74 Å². The van der Waals surface area contributed by atoms with Crippen LogP contribution in [0.25, 0.3) is 11.2 Å². The monoisotopic (exact) mass is 527 g/mol. The van der Waals surface area contributed by atoms with Gasteiger partial charge in [-0.3, -0.25) is 0 Å². The number of aliphatic hydroxyl groups is 3. The van der Waals surface area contributed by atoms with Crippen molar-refractivity contribution in [3.05, 3.63) is 35.1 Å². The van der Waals surface area contributed by atoms with Crippen LogP contribution < -0.4 is 5.32 Å². The Hall–Kier alpha value is -2.38. The zero-order chi connectivity index (χ0) is 33.5. The molecule has 1 aromatic carbocycles. The van der Waals surface area contributed by atoms with E-state index < -0.39 is 67.3 Å². The molecule has 0 unspecified atom stereocenters. The molecule has 36 heavy (non-hydrogen) atoms. The maximum atomic E-state index is 14.4. The Morgan fingerprint density at radius 3 is 2.94 bits per heavy atom. The molecule has 2 aliphatic carbocycles. The van der Waals surface area contributed by atoms with Gasteiger partial charge in [0.2, 0.25) is 0 Å². The minimum Gasteiger partial charge on any atom is -0.394 e. The summed E-state index contributed by atoms with van der Waals surface area (Å²) in [5.74, 6) is -2.66. The lowest BCUT2D eigenvalue weighted by molar-refractivity contribution is -0.0629. The molecule has 2 fully saturated rings. The number of aryl methyl sites for hydroxylation is 1. The number of nitrogens with zero attached hydrogens (tertiary/aromatic N) is 5. The van der Waals surface area contributed by atoms with Gasteiger partial charge in [0, 0.05) is 30.9 Å². The van der Waals surface area contributed by atoms with Crippen LogP contribution in [0.1, 0.15) is 61.5 Å². The summed E-state index contributed by atoms with van der Waals surface area (Å²) in [6, 6.07) is 1.58. The molecule has 2 aliphatic rings. The summed E-state index contributed by atoms with van der Waals surface area (Å²) in [7, 11) is 0. The first kappa shape index (κ1) is 16.5. The number of anilines is 1. The third-order valence-corrected chi connectivity index (χ3v) is 6.85. The number of aromatic nitrogens is 5. The molecule has 0 aliphatic heterocycles. The molecule has 0 saturated heterocycles. The highest BCUT2D eigenvalue weighted by Crippen LogP contribution is 2.44. The zero-order valence-corrected chi connectivity index (χ0v) is 20.1. The van der Waals surface area contributed by atoms with Gasteiger partial charge < -0.3 is 25.4 Å². The van der Waals surface area contributed by atoms with Crippen LogP contribution in [0.4, 0.5) is 10.2 Å². The molecular weight excluding hydrogens is 487 g/mol. The number of aliphatic hydroxyl groups excluding tert-OH is 2. The molecule has 4 N–H and O–H groups in total. The van der Waals surface area contributed by atoms with E-state index in [2.05, 4.69) is 25.6 Å². The van der Waals surface area contributed by atoms with Crippen LogP contribution in [0.5, 0.6) is 0 Å². The van der Waals surface area contributed by atoms with Gasteiger partial charge in [0.1, 0.15) is 18.0 Å². The average molecular weight is 528 g/mol. The van der Waals surface area contributed by atoms with E-state index in [-0.39, 0.29) is 40.5 Å². The Kier molecular flexibility index (Phi) is 4.82. The predicted molar refractivity (Wildman–Crippen MR) is 133 cm³/mol. The van der Waals surface area contributed by atoms with Crippen LogP contribution in [0.3, 0.4) is 0 Å². The number of hydrogen-bond acceptors (Lipinski definition) is 10. The van der Waals surface area contributed by atoms with Crippen molar-refractivity contribution in [3.8, 4) is 0 Å². The summed E-state index contributed by atoms with van der Waals surface area (Å²) in [5, 5.41) is 41.8. The van der Waals surface area contributed by atoms with Gasteiger partial charge in [-0.1, -0.05) is 36.0 Å². The third kappa shape index (κ3) is 4.92. The van der Waals surface area contributed by atoms with Crippen molar-refractivity contribution in [2.24, 2.45) is 0 Å². The first-order valence-electron chi connectivity index (χ1n) is 15.8. The van der Waals surface area contributed by atoms with E-state index in [0.717, 1.165) is 10.7 Å². The summed E-state index contributed by atoms with van der Waals surface area (Å²) in [6.07, 6.45) is -7.37. The number of fused-ring (bicyclic) bond motifs is 1. The standard InChI is InChI=1S/C24H31FN6O4S/c1-3-8-36-24-27-22(26-16-10-14(16)13-5-4-12(2)15(25)9-13)19-23(28-24)31(30-29-19)17-11-18(35-7-6-32)21(34)20(17)33/h4-5,9,14,16-18,20-21,32-34H,3,6-8,10-11H2,1-2H3,(H,26,27,28)/t14-,16+,17+,18-,20-,21+/m0/s1/i6D2,7D2,8D2,10D2,14D. The molecule has 2 aromatic heterocycles. The quantitative estimate of drug-likeness (QED) is 0.229. The molecule has 0 spiro atoms. The molecule has 3 aromatic rings. The molecule has 6 atom stereocenters. The highest BCUT2D eigenvalue weighted by molar-refractivity contribution is 7.99. The van der Waals surface area contributed by atoms with Gasteiger partial charge in [0.15, 0.2) is 22.1 Å². The SMILES string of the molecule is [2H]C([2H])(CC)Sc1nc(N[C@@H]2C([2H])([2H])[C@@]2([2H])c2ccc(C)c(F)c2)c2nnn([C@@H]3C[C@H](OC([2H])([2H])C([2H])([2H])O)[C@@H](O)[C@H]3O)c2n1. The second-order valence-electron chi connectivity index (χ2n) is 8.41. The molecule has 0 radical (unpaired) electrons. The number of halogens is 1. The highest BCUT2D eigenvalue weighted by Gasteiger charge is 2.45. The smallest absolute Gasteiger partial charge is 0.191 e. The molecular formula is C24H31FN6O4S. The number of ether oxygens (including phenoxy) is 1. The van der Waals surface area contributed by atoms with Gasteiger partial charge in [0.05, 0.1) is 30.7 Å². The number of benzene rings is 1. The van der Waals surface area contributed by atoms with E-state index in [9.17, 15) is 19.7 Å². The Labute approximate surface area is 224 Å². The Bertz CT molecular complexity index is 1620. The molecule has 0 bridgehead atoms. The molecule has 10 nitrogen and oxygen atoms in total. The lowest BCUT2D eigenvalue weighted by Crippen LogP contribution is -2.33. The normalized spacial score (nSPS) is 35.9. The minimum atomic E-state index is -3.43. The number of thioether (sulfide) groups is 1. The van der Waals surface area contributed by atoms with Gasteiger partial charge in [-0.15, -0.1) is 5.10 Å². The largest absolute Gasteiger partial charge is 0.394 e. The zero-order valence-electron chi connectivity index (χ0n) is 28.3. The van der Waals surface area contributed by atoms with Gasteiger partial charge in [-0.2, -0.15) is 0 Å². The minimum absolute atomic E-state index is 0.0617. The van der Waals surface area contributed by atoms with E-state index in [1.54, 1.807) is 6.92 Å². The van der Waals surface area contributed by atoms with Crippen molar-refractivity contribution in [3.63, 3.8) is 0 Å². The van der Waals surface area contributed by atoms with Crippen molar-refractivity contribution in [2.75, 3.05) is 24.1 Å². The second kappa shape index (κ2) is 10.5. The van der Waals surface area contributed by atoms with E-state index >= 15 is 0 Å². The molecule has 2 saturated carbocycles. The van der Waals surface area contributed by atoms with E-state index in [0.29, 0.717) is 17.3 Å². The van der Waals surface area contributed by atoms with E-state index in [1.165, 1.54) is 19.1 Å². The Morgan fingerprint density at radius 1 is 1.36 bits per heavy atom. The van der Waals surface area contributed by atoms with Gasteiger partial charge in [0.25, 0.3) is 0 Å². The van der Waals surface area contributed by atoms with Crippen molar-refractivity contribution < 1.29 is 36.8 Å². The fourth-order valence-electron chi connectivity index (χ4n) is 4.11. The van der Waals surface area contributed by atoms with Crippen LogP contribution in [0, 0.1) is 12.7 Å². The number of hydrogen-bond donors (Lipinski definition) is 4. The number of nitrogens with one attached hydrogen (secondary N) is 1. The molecule has 5 rings (SSSR count).